The van der Waals surface area contributed by atoms with E-state index < -0.39 is 5.41 Å². The van der Waals surface area contributed by atoms with Crippen molar-refractivity contribution in [2.75, 3.05) is 4.90 Å². The van der Waals surface area contributed by atoms with Gasteiger partial charge in [0.1, 0.15) is 0 Å². The van der Waals surface area contributed by atoms with Crippen LogP contribution in [-0.2, 0) is 5.41 Å². The summed E-state index contributed by atoms with van der Waals surface area (Å²) < 4.78 is 0. The van der Waals surface area contributed by atoms with Crippen LogP contribution in [0.5, 0.6) is 0 Å². The van der Waals surface area contributed by atoms with E-state index in [-0.39, 0.29) is 0 Å². The lowest BCUT2D eigenvalue weighted by atomic mass is 9.64. The van der Waals surface area contributed by atoms with Gasteiger partial charge in [0.15, 0.2) is 5.82 Å². The Labute approximate surface area is 349 Å². The van der Waals surface area contributed by atoms with E-state index >= 15 is 0 Å². The van der Waals surface area contributed by atoms with Crippen molar-refractivity contribution in [2.24, 2.45) is 0 Å². The lowest BCUT2D eigenvalue weighted by Crippen LogP contribution is -2.36. The van der Waals surface area contributed by atoms with Gasteiger partial charge in [-0.2, -0.15) is 0 Å². The van der Waals surface area contributed by atoms with Crippen molar-refractivity contribution in [3.63, 3.8) is 0 Å². The Morgan fingerprint density at radius 3 is 1.47 bits per heavy atom. The first kappa shape index (κ1) is 34.2. The zero-order valence-electron chi connectivity index (χ0n) is 32.7. The monoisotopic (exact) mass is 763 g/mol. The molecule has 2 aliphatic rings. The molecule has 1 aliphatic heterocycles. The third-order valence-electron chi connectivity index (χ3n) is 12.4. The fourth-order valence-electron chi connectivity index (χ4n) is 9.80. The highest BCUT2D eigenvalue weighted by Crippen LogP contribution is 2.64. The molecule has 3 heteroatoms. The van der Waals surface area contributed by atoms with Gasteiger partial charge in [-0.05, 0) is 110 Å². The van der Waals surface area contributed by atoms with E-state index in [2.05, 4.69) is 217 Å². The average molecular weight is 764 g/mol. The van der Waals surface area contributed by atoms with Crippen LogP contribution in [0, 0.1) is 0 Å². The maximum Gasteiger partial charge on any atom is 0.160 e. The minimum absolute atomic E-state index is 0.535. The largest absolute Gasteiger partial charge is 0.310 e. The van der Waals surface area contributed by atoms with Crippen molar-refractivity contribution in [1.82, 2.24) is 9.97 Å². The average Bonchev–Trinajstić information content (AvgIpc) is 3.60. The van der Waals surface area contributed by atoms with Crippen LogP contribution in [0.15, 0.2) is 224 Å². The molecule has 10 aromatic rings. The summed E-state index contributed by atoms with van der Waals surface area (Å²) in [5.41, 5.74) is 17.9. The van der Waals surface area contributed by atoms with Gasteiger partial charge < -0.3 is 4.90 Å². The predicted molar refractivity (Wildman–Crippen MR) is 247 cm³/mol. The van der Waals surface area contributed by atoms with E-state index in [1.54, 1.807) is 0 Å². The number of hydrogen-bond acceptors (Lipinski definition) is 3. The smallest absolute Gasteiger partial charge is 0.160 e. The molecule has 0 atom stereocenters. The van der Waals surface area contributed by atoms with Crippen LogP contribution in [0.2, 0.25) is 0 Å². The second-order valence-electron chi connectivity index (χ2n) is 15.7. The Hall–Kier alpha value is -7.88. The molecule has 0 saturated carbocycles. The third-order valence-corrected chi connectivity index (χ3v) is 12.4. The van der Waals surface area contributed by atoms with E-state index in [4.69, 9.17) is 9.97 Å². The van der Waals surface area contributed by atoms with Gasteiger partial charge in [0, 0.05) is 22.4 Å². The van der Waals surface area contributed by atoms with Crippen molar-refractivity contribution in [2.45, 2.75) is 5.41 Å². The summed E-state index contributed by atoms with van der Waals surface area (Å²) in [5, 5.41) is 2.48. The summed E-state index contributed by atoms with van der Waals surface area (Å²) >= 11 is 0. The summed E-state index contributed by atoms with van der Waals surface area (Å²) in [6.45, 7) is 0. The molecular formula is C57H37N3. The maximum absolute atomic E-state index is 5.16. The highest BCUT2D eigenvalue weighted by molar-refractivity contribution is 6.01. The van der Waals surface area contributed by atoms with Crippen LogP contribution >= 0.6 is 0 Å². The standard InChI is InChI=1S/C57H37N3/c1-4-17-38(18-5-1)52-37-53(39-19-6-2-7-20-39)59-56(58-52)44-24-16-23-40(33-44)43-31-32-48-46(35-43)47-34-41-21-10-11-22-42(41)36-51(47)57(48)49-27-12-14-29-54(49)60(45-25-8-3-9-26-45)55-30-15-13-28-50(55)57/h1-37H. The molecule has 280 valence electrons. The molecule has 2 heterocycles. The Bertz CT molecular complexity index is 3160. The van der Waals surface area contributed by atoms with Crippen LogP contribution in [-0.4, -0.2) is 9.97 Å². The minimum Gasteiger partial charge on any atom is -0.310 e. The van der Waals surface area contributed by atoms with Crippen LogP contribution in [0.3, 0.4) is 0 Å². The van der Waals surface area contributed by atoms with Gasteiger partial charge >= 0.3 is 0 Å². The van der Waals surface area contributed by atoms with Crippen molar-refractivity contribution < 1.29 is 0 Å². The molecule has 1 aliphatic carbocycles. The van der Waals surface area contributed by atoms with Gasteiger partial charge in [0.25, 0.3) is 0 Å². The second kappa shape index (κ2) is 13.6. The summed E-state index contributed by atoms with van der Waals surface area (Å²) in [4.78, 5) is 12.8. The molecule has 0 bridgehead atoms. The Kier molecular flexibility index (Phi) is 7.76. The molecule has 60 heavy (non-hydrogen) atoms. The van der Waals surface area contributed by atoms with Gasteiger partial charge in [0.05, 0.1) is 28.2 Å². The lowest BCUT2D eigenvalue weighted by Gasteiger charge is -2.45. The molecule has 0 fully saturated rings. The molecule has 12 rings (SSSR count). The number of hydrogen-bond donors (Lipinski definition) is 0. The van der Waals surface area contributed by atoms with Crippen molar-refractivity contribution >= 4 is 27.8 Å². The zero-order valence-corrected chi connectivity index (χ0v) is 32.7. The molecule has 0 unspecified atom stereocenters. The number of aromatic nitrogens is 2. The molecule has 0 N–H and O–H groups in total. The quantitative estimate of drug-likeness (QED) is 0.175. The SMILES string of the molecule is c1ccc(-c2cc(-c3ccccc3)nc(-c3cccc(-c4ccc5c(c4)-c4cc6ccccc6cc4C54c5ccccc5N(c5ccccc5)c5ccccc54)c3)n2)cc1. The van der Waals surface area contributed by atoms with Gasteiger partial charge in [0.2, 0.25) is 0 Å². The van der Waals surface area contributed by atoms with E-state index in [9.17, 15) is 0 Å². The molecule has 1 aromatic heterocycles. The third kappa shape index (κ3) is 5.23. The van der Waals surface area contributed by atoms with E-state index in [0.717, 1.165) is 44.9 Å². The molecule has 3 nitrogen and oxygen atoms in total. The molecular weight excluding hydrogens is 727 g/mol. The highest BCUT2D eigenvalue weighted by Gasteiger charge is 2.51. The number of fused-ring (bicyclic) bond motifs is 10. The van der Waals surface area contributed by atoms with Crippen LogP contribution in [0.25, 0.3) is 66.9 Å². The van der Waals surface area contributed by atoms with E-state index in [1.807, 2.05) is 12.1 Å². The van der Waals surface area contributed by atoms with Crippen molar-refractivity contribution in [3.05, 3.63) is 247 Å². The first-order chi connectivity index (χ1) is 29.7. The fraction of sp³-hybridized carbons (Fsp3) is 0.0175. The van der Waals surface area contributed by atoms with Crippen LogP contribution < -0.4 is 4.90 Å². The Morgan fingerprint density at radius 2 is 0.817 bits per heavy atom. The number of anilines is 3. The van der Waals surface area contributed by atoms with Crippen molar-refractivity contribution in [1.29, 1.82) is 0 Å². The zero-order chi connectivity index (χ0) is 39.6. The number of nitrogens with zero attached hydrogens (tertiary/aromatic N) is 3. The van der Waals surface area contributed by atoms with Gasteiger partial charge in [-0.25, -0.2) is 9.97 Å². The molecule has 0 radical (unpaired) electrons. The molecule has 0 saturated heterocycles. The summed E-state index contributed by atoms with van der Waals surface area (Å²) in [6.07, 6.45) is 0. The number of benzene rings is 9. The highest BCUT2D eigenvalue weighted by atomic mass is 15.2. The second-order valence-corrected chi connectivity index (χ2v) is 15.7. The molecule has 1 spiro atoms. The minimum atomic E-state index is -0.535. The first-order valence-corrected chi connectivity index (χ1v) is 20.6. The summed E-state index contributed by atoms with van der Waals surface area (Å²) in [7, 11) is 0. The Balaban J connectivity index is 1.06. The van der Waals surface area contributed by atoms with Gasteiger partial charge in [-0.3, -0.25) is 0 Å². The maximum atomic E-state index is 5.16. The molecule has 9 aromatic carbocycles. The number of rotatable bonds is 5. The normalized spacial score (nSPS) is 13.1. The predicted octanol–water partition coefficient (Wildman–Crippen LogP) is 14.4. The van der Waals surface area contributed by atoms with Gasteiger partial charge in [-0.15, -0.1) is 0 Å². The summed E-state index contributed by atoms with van der Waals surface area (Å²) in [6, 6.07) is 81.1. The molecule has 0 amide bonds. The van der Waals surface area contributed by atoms with Gasteiger partial charge in [-0.1, -0.05) is 170 Å². The lowest BCUT2D eigenvalue weighted by molar-refractivity contribution is 0.753. The van der Waals surface area contributed by atoms with Crippen LogP contribution in [0.1, 0.15) is 22.3 Å². The fourth-order valence-corrected chi connectivity index (χ4v) is 9.80. The Morgan fingerprint density at radius 1 is 0.317 bits per heavy atom. The number of para-hydroxylation sites is 3. The summed E-state index contributed by atoms with van der Waals surface area (Å²) in [5.74, 6) is 0.701. The van der Waals surface area contributed by atoms with Crippen molar-refractivity contribution in [3.8, 4) is 56.2 Å². The van der Waals surface area contributed by atoms with E-state index in [0.29, 0.717) is 5.82 Å². The first-order valence-electron chi connectivity index (χ1n) is 20.6. The van der Waals surface area contributed by atoms with E-state index in [1.165, 1.54) is 55.5 Å². The topological polar surface area (TPSA) is 29.0 Å². The van der Waals surface area contributed by atoms with Crippen LogP contribution in [0.4, 0.5) is 17.1 Å².